The van der Waals surface area contributed by atoms with E-state index >= 15 is 0 Å². The monoisotopic (exact) mass is 276 g/mol. The molecule has 1 aromatic rings. The molecule has 20 heavy (non-hydrogen) atoms. The Bertz CT molecular complexity index is 484. The average molecular weight is 276 g/mol. The standard InChI is InChI=1S/C15H20N2O3/c16-9-10-4-6-11(7-5-10)14(18)17-13-3-1-2-12(8-13)15(19)20/h4-7,12-13H,1-3,8-9,16H2,(H,17,18)(H,19,20). The zero-order valence-electron chi connectivity index (χ0n) is 11.3. The number of carbonyl (C=O) groups is 2. The summed E-state index contributed by atoms with van der Waals surface area (Å²) < 4.78 is 0. The number of hydrogen-bond donors (Lipinski definition) is 3. The van der Waals surface area contributed by atoms with Gasteiger partial charge < -0.3 is 16.2 Å². The summed E-state index contributed by atoms with van der Waals surface area (Å²) in [5.74, 6) is -1.26. The van der Waals surface area contributed by atoms with E-state index in [1.165, 1.54) is 0 Å². The Morgan fingerprint density at radius 1 is 1.25 bits per heavy atom. The van der Waals surface area contributed by atoms with Crippen LogP contribution in [0.3, 0.4) is 0 Å². The molecule has 108 valence electrons. The summed E-state index contributed by atoms with van der Waals surface area (Å²) in [4.78, 5) is 23.1. The second kappa shape index (κ2) is 6.52. The van der Waals surface area contributed by atoms with E-state index in [9.17, 15) is 9.59 Å². The number of carboxylic acid groups (broad SMARTS) is 1. The zero-order valence-corrected chi connectivity index (χ0v) is 11.3. The minimum absolute atomic E-state index is 0.0495. The van der Waals surface area contributed by atoms with Crippen LogP contribution in [0.5, 0.6) is 0 Å². The Kier molecular flexibility index (Phi) is 4.74. The summed E-state index contributed by atoms with van der Waals surface area (Å²) in [6, 6.07) is 7.10. The largest absolute Gasteiger partial charge is 0.481 e. The number of rotatable bonds is 4. The maximum absolute atomic E-state index is 12.1. The van der Waals surface area contributed by atoms with Crippen LogP contribution >= 0.6 is 0 Å². The molecule has 1 fully saturated rings. The fourth-order valence-electron chi connectivity index (χ4n) is 2.61. The molecule has 2 unspecified atom stereocenters. The van der Waals surface area contributed by atoms with Crippen LogP contribution in [0.25, 0.3) is 0 Å². The number of amides is 1. The van der Waals surface area contributed by atoms with E-state index < -0.39 is 5.97 Å². The molecule has 1 amide bonds. The van der Waals surface area contributed by atoms with E-state index in [0.717, 1.165) is 18.4 Å². The summed E-state index contributed by atoms with van der Waals surface area (Å²) in [5.41, 5.74) is 7.07. The molecule has 0 aromatic heterocycles. The highest BCUT2D eigenvalue weighted by Crippen LogP contribution is 2.24. The van der Waals surface area contributed by atoms with Crippen LogP contribution in [0, 0.1) is 5.92 Å². The van der Waals surface area contributed by atoms with Crippen molar-refractivity contribution >= 4 is 11.9 Å². The Balaban J connectivity index is 1.94. The fraction of sp³-hybridized carbons (Fsp3) is 0.467. The lowest BCUT2D eigenvalue weighted by molar-refractivity contribution is -0.143. The Labute approximate surface area is 118 Å². The second-order valence-corrected chi connectivity index (χ2v) is 5.27. The summed E-state index contributed by atoms with van der Waals surface area (Å²) in [6.07, 6.45) is 2.90. The molecule has 0 spiro atoms. The van der Waals surface area contributed by atoms with Crippen molar-refractivity contribution in [1.29, 1.82) is 0 Å². The average Bonchev–Trinajstić information content (AvgIpc) is 2.47. The van der Waals surface area contributed by atoms with Crippen LogP contribution in [-0.2, 0) is 11.3 Å². The third kappa shape index (κ3) is 3.57. The summed E-state index contributed by atoms with van der Waals surface area (Å²) in [5, 5.41) is 12.0. The first-order valence-corrected chi connectivity index (χ1v) is 6.93. The van der Waals surface area contributed by atoms with Gasteiger partial charge in [-0.05, 0) is 37.0 Å². The van der Waals surface area contributed by atoms with Gasteiger partial charge in [0, 0.05) is 18.2 Å². The zero-order chi connectivity index (χ0) is 14.5. The molecule has 0 saturated heterocycles. The van der Waals surface area contributed by atoms with Gasteiger partial charge in [0.1, 0.15) is 0 Å². The van der Waals surface area contributed by atoms with Crippen molar-refractivity contribution < 1.29 is 14.7 Å². The molecule has 1 aliphatic carbocycles. The molecule has 0 aliphatic heterocycles. The van der Waals surface area contributed by atoms with Gasteiger partial charge in [0.25, 0.3) is 5.91 Å². The van der Waals surface area contributed by atoms with Gasteiger partial charge in [0.15, 0.2) is 0 Å². The molecule has 0 bridgehead atoms. The third-order valence-corrected chi connectivity index (χ3v) is 3.81. The van der Waals surface area contributed by atoms with E-state index in [1.807, 2.05) is 12.1 Å². The molecule has 2 rings (SSSR count). The highest BCUT2D eigenvalue weighted by Gasteiger charge is 2.27. The maximum atomic E-state index is 12.1. The molecule has 1 saturated carbocycles. The number of carboxylic acids is 1. The Morgan fingerprint density at radius 3 is 2.55 bits per heavy atom. The molecule has 1 aliphatic rings. The smallest absolute Gasteiger partial charge is 0.306 e. The summed E-state index contributed by atoms with van der Waals surface area (Å²) in [7, 11) is 0. The van der Waals surface area contributed by atoms with Crippen molar-refractivity contribution in [2.75, 3.05) is 0 Å². The highest BCUT2D eigenvalue weighted by molar-refractivity contribution is 5.94. The molecule has 5 nitrogen and oxygen atoms in total. The van der Waals surface area contributed by atoms with Crippen molar-refractivity contribution in [3.63, 3.8) is 0 Å². The molecular formula is C15H20N2O3. The maximum Gasteiger partial charge on any atom is 0.306 e. The molecule has 1 aromatic carbocycles. The number of carbonyl (C=O) groups excluding carboxylic acids is 1. The van der Waals surface area contributed by atoms with E-state index in [0.29, 0.717) is 24.9 Å². The molecule has 4 N–H and O–H groups in total. The lowest BCUT2D eigenvalue weighted by Crippen LogP contribution is -2.39. The fourth-order valence-corrected chi connectivity index (χ4v) is 2.61. The molecular weight excluding hydrogens is 256 g/mol. The van der Waals surface area contributed by atoms with E-state index in [4.69, 9.17) is 10.8 Å². The van der Waals surface area contributed by atoms with Crippen molar-refractivity contribution in [3.05, 3.63) is 35.4 Å². The molecule has 0 radical (unpaired) electrons. The van der Waals surface area contributed by atoms with Crippen LogP contribution in [-0.4, -0.2) is 23.0 Å². The number of nitrogens with one attached hydrogen (secondary N) is 1. The quantitative estimate of drug-likeness (QED) is 0.777. The first kappa shape index (κ1) is 14.5. The number of aliphatic carboxylic acids is 1. The number of benzene rings is 1. The van der Waals surface area contributed by atoms with Crippen LogP contribution in [0.4, 0.5) is 0 Å². The van der Waals surface area contributed by atoms with Crippen molar-refractivity contribution in [2.45, 2.75) is 38.3 Å². The first-order chi connectivity index (χ1) is 9.60. The topological polar surface area (TPSA) is 92.4 Å². The normalized spacial score (nSPS) is 22.2. The van der Waals surface area contributed by atoms with E-state index in [2.05, 4.69) is 5.32 Å². The predicted octanol–water partition coefficient (Wildman–Crippen LogP) is 1.52. The minimum atomic E-state index is -0.767. The van der Waals surface area contributed by atoms with Crippen LogP contribution in [0.1, 0.15) is 41.6 Å². The lowest BCUT2D eigenvalue weighted by Gasteiger charge is -2.27. The molecule has 0 heterocycles. The van der Waals surface area contributed by atoms with Gasteiger partial charge in [-0.1, -0.05) is 18.6 Å². The van der Waals surface area contributed by atoms with Crippen LogP contribution < -0.4 is 11.1 Å². The van der Waals surface area contributed by atoms with Crippen molar-refractivity contribution in [1.82, 2.24) is 5.32 Å². The summed E-state index contributed by atoms with van der Waals surface area (Å²) in [6.45, 7) is 0.449. The predicted molar refractivity (Wildman–Crippen MR) is 75.2 cm³/mol. The van der Waals surface area contributed by atoms with Gasteiger partial charge >= 0.3 is 5.97 Å². The number of hydrogen-bond acceptors (Lipinski definition) is 3. The van der Waals surface area contributed by atoms with Gasteiger partial charge in [0.2, 0.25) is 0 Å². The van der Waals surface area contributed by atoms with Crippen molar-refractivity contribution in [3.8, 4) is 0 Å². The second-order valence-electron chi connectivity index (χ2n) is 5.27. The van der Waals surface area contributed by atoms with E-state index in [1.54, 1.807) is 12.1 Å². The van der Waals surface area contributed by atoms with Gasteiger partial charge in [0.05, 0.1) is 5.92 Å². The van der Waals surface area contributed by atoms with Gasteiger partial charge in [-0.25, -0.2) is 0 Å². The van der Waals surface area contributed by atoms with E-state index in [-0.39, 0.29) is 17.9 Å². The van der Waals surface area contributed by atoms with Crippen LogP contribution in [0.2, 0.25) is 0 Å². The molecule has 5 heteroatoms. The third-order valence-electron chi connectivity index (χ3n) is 3.81. The first-order valence-electron chi connectivity index (χ1n) is 6.93. The Morgan fingerprint density at radius 2 is 1.95 bits per heavy atom. The SMILES string of the molecule is NCc1ccc(C(=O)NC2CCCC(C(=O)O)C2)cc1. The van der Waals surface area contributed by atoms with Crippen LogP contribution in [0.15, 0.2) is 24.3 Å². The van der Waals surface area contributed by atoms with Gasteiger partial charge in [-0.2, -0.15) is 0 Å². The highest BCUT2D eigenvalue weighted by atomic mass is 16.4. The molecule has 2 atom stereocenters. The lowest BCUT2D eigenvalue weighted by atomic mass is 9.85. The van der Waals surface area contributed by atoms with Crippen molar-refractivity contribution in [2.24, 2.45) is 11.7 Å². The number of nitrogens with two attached hydrogens (primary N) is 1. The van der Waals surface area contributed by atoms with Gasteiger partial charge in [-0.15, -0.1) is 0 Å². The van der Waals surface area contributed by atoms with Gasteiger partial charge in [-0.3, -0.25) is 9.59 Å². The summed E-state index contributed by atoms with van der Waals surface area (Å²) >= 11 is 0. The Hall–Kier alpha value is -1.88. The minimum Gasteiger partial charge on any atom is -0.481 e.